The molecule has 3 nitrogen and oxygen atoms in total. The number of methoxy groups -OCH3 is 1. The zero-order valence-corrected chi connectivity index (χ0v) is 12.1. The Bertz CT molecular complexity index is 690. The molecule has 0 heterocycles. The third kappa shape index (κ3) is 3.80. The Morgan fingerprint density at radius 1 is 0.952 bits per heavy atom. The molecule has 0 spiro atoms. The smallest absolute Gasteiger partial charge is 0.186 e. The van der Waals surface area contributed by atoms with E-state index in [1.54, 1.807) is 36.4 Å². The minimum absolute atomic E-state index is 0.219. The molecular formula is C17H13ClO3. The highest BCUT2D eigenvalue weighted by Gasteiger charge is 2.07. The van der Waals surface area contributed by atoms with Gasteiger partial charge in [0.1, 0.15) is 5.75 Å². The third-order valence-electron chi connectivity index (χ3n) is 2.88. The lowest BCUT2D eigenvalue weighted by Crippen LogP contribution is -1.98. The minimum Gasteiger partial charge on any atom is -0.495 e. The average molecular weight is 301 g/mol. The predicted molar refractivity (Wildman–Crippen MR) is 82.2 cm³/mol. The van der Waals surface area contributed by atoms with E-state index in [2.05, 4.69) is 0 Å². The van der Waals surface area contributed by atoms with E-state index in [1.807, 2.05) is 6.07 Å². The summed E-state index contributed by atoms with van der Waals surface area (Å²) in [4.78, 5) is 23.9. The molecule has 0 aliphatic rings. The molecule has 0 radical (unpaired) electrons. The summed E-state index contributed by atoms with van der Waals surface area (Å²) in [5, 5.41) is 0.353. The summed E-state index contributed by atoms with van der Waals surface area (Å²) in [6.45, 7) is 0. The molecule has 4 heteroatoms. The Labute approximate surface area is 127 Å². The summed E-state index contributed by atoms with van der Waals surface area (Å²) in [6, 6.07) is 13.5. The first-order valence-electron chi connectivity index (χ1n) is 6.27. The quantitative estimate of drug-likeness (QED) is 0.620. The highest BCUT2D eigenvalue weighted by Crippen LogP contribution is 2.25. The van der Waals surface area contributed by atoms with Crippen LogP contribution in [-0.2, 0) is 0 Å². The summed E-state index contributed by atoms with van der Waals surface area (Å²) in [6.07, 6.45) is 2.50. The van der Waals surface area contributed by atoms with Crippen LogP contribution in [0.25, 0.3) is 0 Å². The monoisotopic (exact) mass is 300 g/mol. The van der Waals surface area contributed by atoms with Crippen molar-refractivity contribution in [2.24, 2.45) is 0 Å². The van der Waals surface area contributed by atoms with Gasteiger partial charge in [0.25, 0.3) is 0 Å². The highest BCUT2D eigenvalue weighted by atomic mass is 35.5. The van der Waals surface area contributed by atoms with Gasteiger partial charge >= 0.3 is 0 Å². The maximum atomic E-state index is 12.0. The molecule has 0 unspecified atom stereocenters. The standard InChI is InChI=1S/C17H13ClO3/c1-21-17-10-7-13(11-14(17)18)16(20)9-8-15(19)12-5-3-2-4-6-12/h2-11H,1H3/b9-8+. The van der Waals surface area contributed by atoms with E-state index in [4.69, 9.17) is 16.3 Å². The molecule has 2 rings (SSSR count). The Kier molecular flexibility index (Phi) is 4.90. The fourth-order valence-corrected chi connectivity index (χ4v) is 2.02. The number of ether oxygens (including phenoxy) is 1. The van der Waals surface area contributed by atoms with Gasteiger partial charge < -0.3 is 4.74 Å². The Morgan fingerprint density at radius 3 is 2.14 bits per heavy atom. The van der Waals surface area contributed by atoms with E-state index < -0.39 is 0 Å². The van der Waals surface area contributed by atoms with Crippen molar-refractivity contribution in [3.63, 3.8) is 0 Å². The average Bonchev–Trinajstić information content (AvgIpc) is 2.53. The van der Waals surface area contributed by atoms with Crippen LogP contribution < -0.4 is 4.74 Å². The van der Waals surface area contributed by atoms with Crippen LogP contribution in [0.2, 0.25) is 5.02 Å². The van der Waals surface area contributed by atoms with Crippen LogP contribution in [0.1, 0.15) is 20.7 Å². The van der Waals surface area contributed by atoms with Gasteiger partial charge in [0.05, 0.1) is 12.1 Å². The maximum absolute atomic E-state index is 12.0. The lowest BCUT2D eigenvalue weighted by atomic mass is 10.1. The first-order valence-corrected chi connectivity index (χ1v) is 6.65. The maximum Gasteiger partial charge on any atom is 0.186 e. The molecule has 0 saturated heterocycles. The molecule has 0 aromatic heterocycles. The highest BCUT2D eigenvalue weighted by molar-refractivity contribution is 6.32. The summed E-state index contributed by atoms with van der Waals surface area (Å²) in [7, 11) is 1.50. The minimum atomic E-state index is -0.288. The zero-order valence-electron chi connectivity index (χ0n) is 11.4. The van der Waals surface area contributed by atoms with Crippen LogP contribution in [0.15, 0.2) is 60.7 Å². The number of hydrogen-bond donors (Lipinski definition) is 0. The summed E-state index contributed by atoms with van der Waals surface area (Å²) in [5.41, 5.74) is 0.937. The first-order chi connectivity index (χ1) is 10.1. The molecule has 0 bridgehead atoms. The molecule has 106 valence electrons. The molecule has 0 amide bonds. The second-order valence-electron chi connectivity index (χ2n) is 4.28. The number of hydrogen-bond acceptors (Lipinski definition) is 3. The molecule has 0 saturated carbocycles. The summed E-state index contributed by atoms with van der Waals surface area (Å²) in [5.74, 6) is -0.00930. The topological polar surface area (TPSA) is 43.4 Å². The molecule has 21 heavy (non-hydrogen) atoms. The zero-order chi connectivity index (χ0) is 15.2. The van der Waals surface area contributed by atoms with Crippen molar-refractivity contribution in [3.8, 4) is 5.75 Å². The molecule has 2 aromatic rings. The predicted octanol–water partition coefficient (Wildman–Crippen LogP) is 3.97. The molecule has 2 aromatic carbocycles. The molecule has 0 aliphatic heterocycles. The van der Waals surface area contributed by atoms with E-state index in [-0.39, 0.29) is 11.6 Å². The van der Waals surface area contributed by atoms with Gasteiger partial charge in [0.2, 0.25) is 0 Å². The van der Waals surface area contributed by atoms with Gasteiger partial charge in [-0.25, -0.2) is 0 Å². The van der Waals surface area contributed by atoms with E-state index in [9.17, 15) is 9.59 Å². The van der Waals surface area contributed by atoms with Crippen molar-refractivity contribution < 1.29 is 14.3 Å². The summed E-state index contributed by atoms with van der Waals surface area (Å²) < 4.78 is 5.02. The van der Waals surface area contributed by atoms with E-state index in [0.29, 0.717) is 21.9 Å². The lowest BCUT2D eigenvalue weighted by molar-refractivity contribution is 0.102. The van der Waals surface area contributed by atoms with Crippen LogP contribution in [0.5, 0.6) is 5.75 Å². The van der Waals surface area contributed by atoms with Crippen molar-refractivity contribution in [2.75, 3.05) is 7.11 Å². The third-order valence-corrected chi connectivity index (χ3v) is 3.18. The van der Waals surface area contributed by atoms with E-state index in [0.717, 1.165) is 0 Å². The second-order valence-corrected chi connectivity index (χ2v) is 4.68. The van der Waals surface area contributed by atoms with Crippen LogP contribution in [0.3, 0.4) is 0 Å². The Morgan fingerprint density at radius 2 is 1.57 bits per heavy atom. The number of halogens is 1. The van der Waals surface area contributed by atoms with Crippen LogP contribution in [-0.4, -0.2) is 18.7 Å². The van der Waals surface area contributed by atoms with Crippen LogP contribution >= 0.6 is 11.6 Å². The molecule has 0 fully saturated rings. The number of carbonyl (C=O) groups is 2. The molecule has 0 N–H and O–H groups in total. The number of carbonyl (C=O) groups excluding carboxylic acids is 2. The van der Waals surface area contributed by atoms with Gasteiger partial charge in [-0.2, -0.15) is 0 Å². The Balaban J connectivity index is 2.13. The van der Waals surface area contributed by atoms with Crippen molar-refractivity contribution >= 4 is 23.2 Å². The van der Waals surface area contributed by atoms with E-state index in [1.165, 1.54) is 25.3 Å². The summed E-state index contributed by atoms with van der Waals surface area (Å²) >= 11 is 5.96. The van der Waals surface area contributed by atoms with Crippen LogP contribution in [0.4, 0.5) is 0 Å². The SMILES string of the molecule is COc1ccc(C(=O)/C=C/C(=O)c2ccccc2)cc1Cl. The molecule has 0 aliphatic carbocycles. The normalized spacial score (nSPS) is 10.6. The van der Waals surface area contributed by atoms with Crippen molar-refractivity contribution in [1.82, 2.24) is 0 Å². The first kappa shape index (κ1) is 15.0. The van der Waals surface area contributed by atoms with Crippen molar-refractivity contribution in [1.29, 1.82) is 0 Å². The number of benzene rings is 2. The van der Waals surface area contributed by atoms with Crippen molar-refractivity contribution in [2.45, 2.75) is 0 Å². The largest absolute Gasteiger partial charge is 0.495 e. The van der Waals surface area contributed by atoms with Crippen molar-refractivity contribution in [3.05, 3.63) is 76.8 Å². The fourth-order valence-electron chi connectivity index (χ4n) is 1.77. The van der Waals surface area contributed by atoms with Gasteiger partial charge in [-0.05, 0) is 30.4 Å². The number of allylic oxidation sites excluding steroid dienone is 2. The lowest BCUT2D eigenvalue weighted by Gasteiger charge is -2.03. The number of rotatable bonds is 5. The van der Waals surface area contributed by atoms with E-state index >= 15 is 0 Å². The molecule has 0 atom stereocenters. The van der Waals surface area contributed by atoms with Gasteiger partial charge in [-0.15, -0.1) is 0 Å². The second kappa shape index (κ2) is 6.86. The fraction of sp³-hybridized carbons (Fsp3) is 0.0588. The molecular weight excluding hydrogens is 288 g/mol. The van der Waals surface area contributed by atoms with Gasteiger partial charge in [0.15, 0.2) is 11.6 Å². The number of ketones is 2. The Hall–Kier alpha value is -2.39. The van der Waals surface area contributed by atoms with Gasteiger partial charge in [0, 0.05) is 11.1 Å². The van der Waals surface area contributed by atoms with Crippen LogP contribution in [0, 0.1) is 0 Å². The van der Waals surface area contributed by atoms with Gasteiger partial charge in [-0.1, -0.05) is 41.9 Å². The van der Waals surface area contributed by atoms with Gasteiger partial charge in [-0.3, -0.25) is 9.59 Å².